The molecule has 0 aliphatic heterocycles. The molecular weight excluding hydrogens is 344 g/mol. The van der Waals surface area contributed by atoms with Crippen molar-refractivity contribution >= 4 is 39.1 Å². The van der Waals surface area contributed by atoms with Gasteiger partial charge >= 0.3 is 0 Å². The molecule has 0 aromatic heterocycles. The Morgan fingerprint density at radius 3 is 2.18 bits per heavy atom. The third-order valence-electron chi connectivity index (χ3n) is 3.28. The average Bonchev–Trinajstić information content (AvgIpc) is 2.51. The Bertz CT molecular complexity index is 696. The lowest BCUT2D eigenvalue weighted by Crippen LogP contribution is -2.15. The lowest BCUT2D eigenvalue weighted by Gasteiger charge is -2.13. The Labute approximate surface area is 138 Å². The minimum atomic E-state index is -0.186. The molecule has 2 aromatic rings. The van der Waals surface area contributed by atoms with Gasteiger partial charge in [-0.15, -0.1) is 0 Å². The van der Waals surface area contributed by atoms with Crippen LogP contribution in [0.25, 0.3) is 0 Å². The number of hydrogen-bond donors (Lipinski definition) is 2. The van der Waals surface area contributed by atoms with E-state index in [2.05, 4.69) is 26.6 Å². The van der Waals surface area contributed by atoms with Gasteiger partial charge in [-0.2, -0.15) is 0 Å². The van der Waals surface area contributed by atoms with Crippen molar-refractivity contribution in [2.24, 2.45) is 0 Å². The molecule has 4 nitrogen and oxygen atoms in total. The van der Waals surface area contributed by atoms with Gasteiger partial charge in [0.05, 0.1) is 0 Å². The molecule has 2 rings (SSSR count). The van der Waals surface area contributed by atoms with Gasteiger partial charge in [0.1, 0.15) is 0 Å². The zero-order chi connectivity index (χ0) is 16.1. The highest BCUT2D eigenvalue weighted by atomic mass is 79.9. The third kappa shape index (κ3) is 3.95. The first kappa shape index (κ1) is 16.2. The summed E-state index contributed by atoms with van der Waals surface area (Å²) in [6, 6.07) is 12.6. The fraction of sp³-hybridized carbons (Fsp3) is 0.176. The summed E-state index contributed by atoms with van der Waals surface area (Å²) in [6.07, 6.45) is 0.412. The second-order valence-electron chi connectivity index (χ2n) is 4.84. The average molecular weight is 361 g/mol. The Morgan fingerprint density at radius 1 is 1.00 bits per heavy atom. The molecule has 2 aromatic carbocycles. The molecule has 2 N–H and O–H groups in total. The number of carbonyl (C=O) groups is 2. The smallest absolute Gasteiger partial charge is 0.255 e. The number of halogens is 1. The first-order chi connectivity index (χ1) is 10.5. The highest BCUT2D eigenvalue weighted by molar-refractivity contribution is 9.10. The van der Waals surface area contributed by atoms with E-state index < -0.39 is 0 Å². The standard InChI is InChI=1S/C17H17BrN2O2/c1-3-16(21)19-14-5-4-6-15(11(14)2)20-17(22)12-7-9-13(18)10-8-12/h4-10H,3H2,1-2H3,(H,19,21)(H,20,22). The van der Waals surface area contributed by atoms with Crippen LogP contribution in [0.1, 0.15) is 29.3 Å². The van der Waals surface area contributed by atoms with Gasteiger partial charge in [0.25, 0.3) is 5.91 Å². The molecule has 5 heteroatoms. The normalized spacial score (nSPS) is 10.1. The molecule has 22 heavy (non-hydrogen) atoms. The molecule has 0 unspecified atom stereocenters. The topological polar surface area (TPSA) is 58.2 Å². The summed E-state index contributed by atoms with van der Waals surface area (Å²) >= 11 is 3.34. The second kappa shape index (κ2) is 7.22. The van der Waals surface area contributed by atoms with Crippen molar-refractivity contribution < 1.29 is 9.59 Å². The maximum atomic E-state index is 12.3. The summed E-state index contributed by atoms with van der Waals surface area (Å²) in [5.74, 6) is -0.242. The summed E-state index contributed by atoms with van der Waals surface area (Å²) in [7, 11) is 0. The fourth-order valence-corrected chi connectivity index (χ4v) is 2.21. The highest BCUT2D eigenvalue weighted by Gasteiger charge is 2.10. The molecule has 0 spiro atoms. The van der Waals surface area contributed by atoms with Gasteiger partial charge in [0, 0.05) is 27.8 Å². The lowest BCUT2D eigenvalue weighted by molar-refractivity contribution is -0.115. The maximum Gasteiger partial charge on any atom is 0.255 e. The van der Waals surface area contributed by atoms with Crippen molar-refractivity contribution in [3.63, 3.8) is 0 Å². The van der Waals surface area contributed by atoms with Crippen LogP contribution in [0.5, 0.6) is 0 Å². The molecule has 0 atom stereocenters. The Morgan fingerprint density at radius 2 is 1.59 bits per heavy atom. The summed E-state index contributed by atoms with van der Waals surface area (Å²) in [5.41, 5.74) is 2.79. The van der Waals surface area contributed by atoms with Gasteiger partial charge in [-0.25, -0.2) is 0 Å². The van der Waals surface area contributed by atoms with Crippen LogP contribution in [0.3, 0.4) is 0 Å². The Balaban J connectivity index is 2.19. The van der Waals surface area contributed by atoms with E-state index in [0.29, 0.717) is 23.4 Å². The molecule has 0 aliphatic carbocycles. The van der Waals surface area contributed by atoms with Crippen molar-refractivity contribution in [1.29, 1.82) is 0 Å². The summed E-state index contributed by atoms with van der Waals surface area (Å²) in [4.78, 5) is 23.8. The predicted molar refractivity (Wildman–Crippen MR) is 92.2 cm³/mol. The largest absolute Gasteiger partial charge is 0.326 e. The summed E-state index contributed by atoms with van der Waals surface area (Å²) in [5, 5.41) is 5.70. The number of nitrogens with one attached hydrogen (secondary N) is 2. The van der Waals surface area contributed by atoms with Gasteiger partial charge in [0.15, 0.2) is 0 Å². The van der Waals surface area contributed by atoms with E-state index in [1.807, 2.05) is 31.2 Å². The molecule has 0 saturated carbocycles. The molecule has 0 radical (unpaired) electrons. The zero-order valence-electron chi connectivity index (χ0n) is 12.4. The van der Waals surface area contributed by atoms with Crippen LogP contribution < -0.4 is 10.6 Å². The Kier molecular flexibility index (Phi) is 5.33. The van der Waals surface area contributed by atoms with E-state index in [0.717, 1.165) is 10.0 Å². The van der Waals surface area contributed by atoms with Crippen LogP contribution in [0, 0.1) is 6.92 Å². The van der Waals surface area contributed by atoms with Gasteiger partial charge in [-0.1, -0.05) is 28.9 Å². The second-order valence-corrected chi connectivity index (χ2v) is 5.76. The molecule has 0 bridgehead atoms. The quantitative estimate of drug-likeness (QED) is 0.850. The molecule has 0 aliphatic rings. The van der Waals surface area contributed by atoms with Crippen molar-refractivity contribution in [2.45, 2.75) is 20.3 Å². The zero-order valence-corrected chi connectivity index (χ0v) is 14.0. The van der Waals surface area contributed by atoms with Crippen LogP contribution >= 0.6 is 15.9 Å². The number of hydrogen-bond acceptors (Lipinski definition) is 2. The van der Waals surface area contributed by atoms with E-state index in [1.54, 1.807) is 25.1 Å². The van der Waals surface area contributed by atoms with Crippen LogP contribution in [0.15, 0.2) is 46.9 Å². The van der Waals surface area contributed by atoms with Gasteiger partial charge in [0.2, 0.25) is 5.91 Å². The molecule has 2 amide bonds. The minimum absolute atomic E-state index is 0.0560. The number of amides is 2. The number of carbonyl (C=O) groups excluding carboxylic acids is 2. The predicted octanol–water partition coefficient (Wildman–Crippen LogP) is 4.36. The summed E-state index contributed by atoms with van der Waals surface area (Å²) < 4.78 is 0.921. The van der Waals surface area contributed by atoms with Crippen LogP contribution in [0.4, 0.5) is 11.4 Å². The molecule has 114 valence electrons. The minimum Gasteiger partial charge on any atom is -0.326 e. The number of anilines is 2. The lowest BCUT2D eigenvalue weighted by atomic mass is 10.1. The van der Waals surface area contributed by atoms with Crippen LogP contribution in [-0.2, 0) is 4.79 Å². The Hall–Kier alpha value is -2.14. The third-order valence-corrected chi connectivity index (χ3v) is 3.81. The van der Waals surface area contributed by atoms with E-state index in [4.69, 9.17) is 0 Å². The van der Waals surface area contributed by atoms with Crippen molar-refractivity contribution in [3.8, 4) is 0 Å². The number of benzene rings is 2. The number of rotatable bonds is 4. The van der Waals surface area contributed by atoms with Crippen LogP contribution in [0.2, 0.25) is 0 Å². The van der Waals surface area contributed by atoms with Crippen molar-refractivity contribution in [1.82, 2.24) is 0 Å². The van der Waals surface area contributed by atoms with Gasteiger partial charge < -0.3 is 10.6 Å². The first-order valence-electron chi connectivity index (χ1n) is 6.97. The fourth-order valence-electron chi connectivity index (χ4n) is 1.94. The van der Waals surface area contributed by atoms with Crippen molar-refractivity contribution in [2.75, 3.05) is 10.6 Å². The SMILES string of the molecule is CCC(=O)Nc1cccc(NC(=O)c2ccc(Br)cc2)c1C. The van der Waals surface area contributed by atoms with Crippen molar-refractivity contribution in [3.05, 3.63) is 58.1 Å². The summed E-state index contributed by atoms with van der Waals surface area (Å²) in [6.45, 7) is 3.66. The van der Waals surface area contributed by atoms with Crippen LogP contribution in [-0.4, -0.2) is 11.8 Å². The highest BCUT2D eigenvalue weighted by Crippen LogP contribution is 2.24. The molecular formula is C17H17BrN2O2. The molecule has 0 fully saturated rings. The van der Waals surface area contributed by atoms with E-state index >= 15 is 0 Å². The van der Waals surface area contributed by atoms with Gasteiger partial charge in [-0.3, -0.25) is 9.59 Å². The van der Waals surface area contributed by atoms with E-state index in [1.165, 1.54) is 0 Å². The first-order valence-corrected chi connectivity index (χ1v) is 7.77. The van der Waals surface area contributed by atoms with Gasteiger partial charge in [-0.05, 0) is 48.9 Å². The monoisotopic (exact) mass is 360 g/mol. The molecule has 0 heterocycles. The van der Waals surface area contributed by atoms with E-state index in [9.17, 15) is 9.59 Å². The maximum absolute atomic E-state index is 12.3. The van der Waals surface area contributed by atoms with E-state index in [-0.39, 0.29) is 11.8 Å². The molecule has 0 saturated heterocycles.